The maximum absolute atomic E-state index is 11.8. The molecule has 0 fully saturated rings. The van der Waals surface area contributed by atoms with Crippen molar-refractivity contribution in [1.29, 1.82) is 0 Å². The summed E-state index contributed by atoms with van der Waals surface area (Å²) in [5.74, 6) is 1.25. The maximum atomic E-state index is 11.8. The average molecular weight is 1530 g/mol. The van der Waals surface area contributed by atoms with Crippen molar-refractivity contribution in [2.75, 3.05) is 154 Å². The summed E-state index contributed by atoms with van der Waals surface area (Å²) in [7, 11) is 21.3. The number of Topliss-reactive ketones (excluding diaryl/α,β-unsaturated/α-hetero) is 1. The Labute approximate surface area is 659 Å². The zero-order valence-corrected chi connectivity index (χ0v) is 69.1. The first-order chi connectivity index (χ1) is 51.2. The van der Waals surface area contributed by atoms with Crippen LogP contribution in [0.3, 0.4) is 0 Å². The number of hydrogen-bond donors (Lipinski definition) is 0. The molecule has 106 heavy (non-hydrogen) atoms. The Morgan fingerprint density at radius 3 is 0.896 bits per heavy atom. The first-order valence-electron chi connectivity index (χ1n) is 36.9. The average Bonchev–Trinajstić information content (AvgIpc) is 0.810. The first kappa shape index (κ1) is 79.7. The molecule has 0 saturated carbocycles. The second-order valence-electron chi connectivity index (χ2n) is 29.1. The Balaban J connectivity index is 0.000000132. The number of fused-ring (bicyclic) bond motifs is 10. The molecule has 11 nitrogen and oxygen atoms in total. The highest BCUT2D eigenvalue weighted by Crippen LogP contribution is 2.53. The zero-order valence-electron chi connectivity index (χ0n) is 64.2. The molecule has 5 heterocycles. The molecule has 3 atom stereocenters. The molecule has 554 valence electrons. The van der Waals surface area contributed by atoms with Crippen LogP contribution >= 0.6 is 70.4 Å². The third kappa shape index (κ3) is 20.7. The van der Waals surface area contributed by atoms with Crippen molar-refractivity contribution < 1.29 is 4.79 Å². The van der Waals surface area contributed by atoms with Crippen LogP contribution in [-0.2, 0) is 0 Å². The Kier molecular flexibility index (Phi) is 28.7. The van der Waals surface area contributed by atoms with Crippen molar-refractivity contribution in [1.82, 2.24) is 24.5 Å². The molecule has 0 N–H and O–H groups in total. The summed E-state index contributed by atoms with van der Waals surface area (Å²) in [4.78, 5) is 48.4. The summed E-state index contributed by atoms with van der Waals surface area (Å²) in [5, 5.41) is 0.798. The van der Waals surface area contributed by atoms with Crippen LogP contribution in [0.25, 0.3) is 0 Å². The monoisotopic (exact) mass is 1520 g/mol. The van der Waals surface area contributed by atoms with Crippen molar-refractivity contribution in [2.45, 2.75) is 95.5 Å². The van der Waals surface area contributed by atoms with Gasteiger partial charge in [0.05, 0.1) is 56.9 Å². The van der Waals surface area contributed by atoms with Gasteiger partial charge in [-0.15, -0.1) is 0 Å². The lowest BCUT2D eigenvalue weighted by molar-refractivity contribution is 0.101. The van der Waals surface area contributed by atoms with Crippen LogP contribution < -0.4 is 24.5 Å². The molecule has 0 radical (unpaired) electrons. The fourth-order valence-electron chi connectivity index (χ4n) is 13.8. The predicted molar refractivity (Wildman–Crippen MR) is 460 cm³/mol. The summed E-state index contributed by atoms with van der Waals surface area (Å²) in [6.07, 6.45) is 2.29. The van der Waals surface area contributed by atoms with E-state index in [1.165, 1.54) is 107 Å². The number of rotatable bonds is 20. The molecule has 0 amide bonds. The number of anilines is 10. The molecular weight excluding hydrogens is 1420 g/mol. The highest BCUT2D eigenvalue weighted by molar-refractivity contribution is 8.00. The van der Waals surface area contributed by atoms with Crippen molar-refractivity contribution in [2.24, 2.45) is 11.8 Å². The van der Waals surface area contributed by atoms with Crippen molar-refractivity contribution in [3.8, 4) is 0 Å². The number of ketones is 1. The zero-order chi connectivity index (χ0) is 75.0. The third-order valence-corrected chi connectivity index (χ3v) is 24.7. The number of para-hydroxylation sites is 8. The Morgan fingerprint density at radius 1 is 0.330 bits per heavy atom. The second kappa shape index (κ2) is 38.2. The van der Waals surface area contributed by atoms with Gasteiger partial charge in [0.15, 0.2) is 5.78 Å². The SMILES string of the molecule is CC(=O)c1ccc2c(c1)N(CC(C)CN(C)C)c1ccccc1S2.CC(CN(C)C)CN1c2ccccc2Sc2ccccc21.CC(CN1c2ccccc2Sc2ccccc21)N(C)C.CN(C)CCCN1c2ccccc2Sc2ccc(Cl)cc21.CN(C)CCCN1c2ccccc2Sc2ccccc21. The molecular formula is C89H105ClN10OS5. The first-order valence-corrected chi connectivity index (χ1v) is 41.3. The van der Waals surface area contributed by atoms with Gasteiger partial charge in [0.25, 0.3) is 0 Å². The van der Waals surface area contributed by atoms with Gasteiger partial charge in [-0.3, -0.25) is 4.79 Å². The fraction of sp³-hybridized carbons (Fsp3) is 0.315. The van der Waals surface area contributed by atoms with Gasteiger partial charge in [-0.25, -0.2) is 0 Å². The lowest BCUT2D eigenvalue weighted by Gasteiger charge is -2.36. The third-order valence-electron chi connectivity index (χ3n) is 18.9. The standard InChI is InChI=1S/C20H24N2OS.C18H22N2S.C17H19ClN2S.2C17H20N2S/c1-14(12-21(3)4)13-22-17-7-5-6-8-19(17)24-20-10-9-16(15(2)23)11-18(20)22;1-14(12-19(2)3)13-20-15-8-4-6-10-17(15)21-18-11-7-5-9-16(18)20;1-19(2)10-5-11-20-14-6-3-4-7-16(14)21-17-9-8-13(18)12-15(17)20;1-13(18(2)3)12-19-14-8-4-6-10-16(14)20-17-11-7-5-9-15(17)19;1-18(2)12-7-13-19-14-8-3-5-10-16(14)20-17-11-6-4-9-15(17)19/h5-11,14H,12-13H2,1-4H3;4-11,14H,12-13H2,1-3H3;3-4,6-9,12H,5,10-11H2,1-2H3;4-11,13H,12H2,1-3H3;3-6,8-11H,7,12-13H2,1-2H3. The maximum Gasteiger partial charge on any atom is 0.159 e. The fourth-order valence-corrected chi connectivity index (χ4v) is 19.4. The summed E-state index contributed by atoms with van der Waals surface area (Å²) in [6.45, 7) is 17.9. The van der Waals surface area contributed by atoms with Crippen molar-refractivity contribution in [3.05, 3.63) is 241 Å². The molecule has 0 spiro atoms. The van der Waals surface area contributed by atoms with Crippen LogP contribution in [0.2, 0.25) is 5.02 Å². The summed E-state index contributed by atoms with van der Waals surface area (Å²) >= 11 is 15.4. The molecule has 10 aromatic carbocycles. The molecule has 3 unspecified atom stereocenters. The quantitative estimate of drug-likeness (QED) is 0.0680. The molecule has 5 aliphatic heterocycles. The van der Waals surface area contributed by atoms with E-state index < -0.39 is 0 Å². The second-order valence-corrected chi connectivity index (χ2v) is 35.0. The number of hydrogen-bond acceptors (Lipinski definition) is 16. The van der Waals surface area contributed by atoms with E-state index in [2.05, 4.69) is 353 Å². The van der Waals surface area contributed by atoms with Crippen LogP contribution in [0, 0.1) is 11.8 Å². The topological polar surface area (TPSA) is 49.5 Å². The largest absolute Gasteiger partial charge is 0.340 e. The Bertz CT molecular complexity index is 4420. The van der Waals surface area contributed by atoms with Crippen molar-refractivity contribution in [3.63, 3.8) is 0 Å². The van der Waals surface area contributed by atoms with Gasteiger partial charge < -0.3 is 49.0 Å². The summed E-state index contributed by atoms with van der Waals surface area (Å²) in [5.41, 5.74) is 13.7. The van der Waals surface area contributed by atoms with E-state index in [4.69, 9.17) is 11.6 Å². The van der Waals surface area contributed by atoms with E-state index in [1.54, 1.807) is 18.7 Å². The summed E-state index contributed by atoms with van der Waals surface area (Å²) in [6, 6.07) is 82.0. The van der Waals surface area contributed by atoms with E-state index in [0.29, 0.717) is 17.9 Å². The van der Waals surface area contributed by atoms with Crippen LogP contribution in [0.5, 0.6) is 0 Å². The normalized spacial score (nSPS) is 14.1. The van der Waals surface area contributed by atoms with Gasteiger partial charge in [0.2, 0.25) is 0 Å². The number of carbonyl (C=O) groups excluding carboxylic acids is 1. The lowest BCUT2D eigenvalue weighted by atomic mass is 10.1. The van der Waals surface area contributed by atoms with Gasteiger partial charge in [-0.1, -0.05) is 187 Å². The Morgan fingerprint density at radius 2 is 0.594 bits per heavy atom. The van der Waals surface area contributed by atoms with E-state index in [9.17, 15) is 4.79 Å². The van der Waals surface area contributed by atoms with Crippen LogP contribution in [0.1, 0.15) is 50.9 Å². The van der Waals surface area contributed by atoms with Crippen LogP contribution in [0.15, 0.2) is 279 Å². The number of carbonyl (C=O) groups is 1. The summed E-state index contributed by atoms with van der Waals surface area (Å²) < 4.78 is 0. The molecule has 0 aromatic heterocycles. The molecule has 10 aromatic rings. The minimum absolute atomic E-state index is 0.114. The van der Waals surface area contributed by atoms with E-state index in [-0.39, 0.29) is 5.78 Å². The highest BCUT2D eigenvalue weighted by Gasteiger charge is 2.30. The Hall–Kier alpha value is -7.29. The number of nitrogens with zero attached hydrogens (tertiary/aromatic N) is 10. The number of halogens is 1. The van der Waals surface area contributed by atoms with Gasteiger partial charge in [-0.05, 0) is 249 Å². The molecule has 17 heteroatoms. The van der Waals surface area contributed by atoms with Gasteiger partial charge in [-0.2, -0.15) is 0 Å². The number of benzene rings is 10. The van der Waals surface area contributed by atoms with E-state index in [1.807, 2.05) is 65.2 Å². The molecule has 0 aliphatic carbocycles. The van der Waals surface area contributed by atoms with Gasteiger partial charge in [0, 0.05) is 111 Å². The molecule has 0 bridgehead atoms. The van der Waals surface area contributed by atoms with Gasteiger partial charge in [0.1, 0.15) is 0 Å². The van der Waals surface area contributed by atoms with Gasteiger partial charge >= 0.3 is 0 Å². The molecule has 15 rings (SSSR count). The minimum Gasteiger partial charge on any atom is -0.340 e. The van der Waals surface area contributed by atoms with E-state index in [0.717, 1.165) is 81.6 Å². The van der Waals surface area contributed by atoms with E-state index >= 15 is 0 Å². The van der Waals surface area contributed by atoms with Crippen molar-refractivity contribution >= 4 is 133 Å². The molecule has 0 saturated heterocycles. The number of likely N-dealkylation sites (N-methyl/N-ethyl adjacent to an activating group) is 1. The smallest absolute Gasteiger partial charge is 0.159 e. The van der Waals surface area contributed by atoms with Crippen LogP contribution in [-0.4, -0.2) is 166 Å². The van der Waals surface area contributed by atoms with Crippen LogP contribution in [0.4, 0.5) is 56.9 Å². The highest BCUT2D eigenvalue weighted by atomic mass is 35.5. The lowest BCUT2D eigenvalue weighted by Crippen LogP contribution is -2.37. The minimum atomic E-state index is 0.114. The molecule has 5 aliphatic rings. The predicted octanol–water partition coefficient (Wildman–Crippen LogP) is 22.6.